The molecule has 0 spiro atoms. The van der Waals surface area contributed by atoms with Crippen LogP contribution in [0.3, 0.4) is 0 Å². The van der Waals surface area contributed by atoms with Gasteiger partial charge in [-0.3, -0.25) is 0 Å². The topological polar surface area (TPSA) is 21.3 Å². The standard InChI is InChI=1S/C10H14FNO/c1-7(11)8-4-5-10(13-3)9(6-8)12-2/h4-7,12H,1-3H3. The number of anilines is 1. The average molecular weight is 183 g/mol. The molecule has 0 saturated carbocycles. The smallest absolute Gasteiger partial charge is 0.141 e. The van der Waals surface area contributed by atoms with Gasteiger partial charge in [-0.15, -0.1) is 0 Å². The van der Waals surface area contributed by atoms with Crippen LogP contribution in [-0.2, 0) is 0 Å². The molecule has 0 aromatic heterocycles. The van der Waals surface area contributed by atoms with Gasteiger partial charge in [-0.05, 0) is 24.6 Å². The van der Waals surface area contributed by atoms with Crippen molar-refractivity contribution in [2.45, 2.75) is 13.1 Å². The summed E-state index contributed by atoms with van der Waals surface area (Å²) in [5.74, 6) is 0.729. The number of rotatable bonds is 3. The van der Waals surface area contributed by atoms with Gasteiger partial charge in [0, 0.05) is 7.05 Å². The average Bonchev–Trinajstić information content (AvgIpc) is 2.16. The summed E-state index contributed by atoms with van der Waals surface area (Å²) in [5, 5.41) is 2.95. The van der Waals surface area contributed by atoms with Crippen LogP contribution in [0.15, 0.2) is 18.2 Å². The third-order valence-electron chi connectivity index (χ3n) is 1.95. The molecular formula is C10H14FNO. The van der Waals surface area contributed by atoms with Crippen molar-refractivity contribution in [3.63, 3.8) is 0 Å². The second kappa shape index (κ2) is 4.12. The van der Waals surface area contributed by atoms with Crippen LogP contribution < -0.4 is 10.1 Å². The molecule has 0 bridgehead atoms. The summed E-state index contributed by atoms with van der Waals surface area (Å²) in [6, 6.07) is 5.24. The zero-order valence-corrected chi connectivity index (χ0v) is 8.10. The van der Waals surface area contributed by atoms with Crippen molar-refractivity contribution < 1.29 is 9.13 Å². The molecule has 0 aliphatic rings. The number of benzene rings is 1. The van der Waals surface area contributed by atoms with E-state index in [4.69, 9.17) is 4.74 Å². The number of nitrogens with one attached hydrogen (secondary N) is 1. The monoisotopic (exact) mass is 183 g/mol. The largest absolute Gasteiger partial charge is 0.495 e. The molecule has 3 heteroatoms. The molecule has 0 amide bonds. The molecule has 1 atom stereocenters. The number of hydrogen-bond acceptors (Lipinski definition) is 2. The van der Waals surface area contributed by atoms with Crippen molar-refractivity contribution in [3.8, 4) is 5.75 Å². The van der Waals surface area contributed by atoms with E-state index in [2.05, 4.69) is 5.32 Å². The molecule has 1 unspecified atom stereocenters. The van der Waals surface area contributed by atoms with Gasteiger partial charge in [0.15, 0.2) is 0 Å². The lowest BCUT2D eigenvalue weighted by molar-refractivity contribution is 0.373. The van der Waals surface area contributed by atoms with Crippen LogP contribution in [0.5, 0.6) is 5.75 Å². The van der Waals surface area contributed by atoms with Gasteiger partial charge >= 0.3 is 0 Å². The van der Waals surface area contributed by atoms with Gasteiger partial charge in [-0.25, -0.2) is 4.39 Å². The lowest BCUT2D eigenvalue weighted by Crippen LogP contribution is -1.95. The number of hydrogen-bond donors (Lipinski definition) is 1. The molecule has 13 heavy (non-hydrogen) atoms. The Morgan fingerprint density at radius 2 is 2.15 bits per heavy atom. The van der Waals surface area contributed by atoms with Crippen molar-refractivity contribution in [2.24, 2.45) is 0 Å². The molecule has 2 nitrogen and oxygen atoms in total. The van der Waals surface area contributed by atoms with Gasteiger partial charge < -0.3 is 10.1 Å². The zero-order valence-electron chi connectivity index (χ0n) is 8.10. The molecule has 0 radical (unpaired) electrons. The van der Waals surface area contributed by atoms with Crippen molar-refractivity contribution in [1.29, 1.82) is 0 Å². The highest BCUT2D eigenvalue weighted by atomic mass is 19.1. The Balaban J connectivity index is 3.05. The van der Waals surface area contributed by atoms with Gasteiger partial charge in [0.05, 0.1) is 12.8 Å². The Labute approximate surface area is 77.7 Å². The molecule has 0 saturated heterocycles. The van der Waals surface area contributed by atoms with E-state index >= 15 is 0 Å². The predicted molar refractivity (Wildman–Crippen MR) is 52.1 cm³/mol. The molecule has 1 aromatic carbocycles. The molecule has 72 valence electrons. The number of alkyl halides is 1. The van der Waals surface area contributed by atoms with Crippen molar-refractivity contribution in [1.82, 2.24) is 0 Å². The number of halogens is 1. The lowest BCUT2D eigenvalue weighted by Gasteiger charge is -2.10. The summed E-state index contributed by atoms with van der Waals surface area (Å²) in [4.78, 5) is 0. The summed E-state index contributed by atoms with van der Waals surface area (Å²) in [7, 11) is 3.37. The van der Waals surface area contributed by atoms with E-state index in [-0.39, 0.29) is 0 Å². The summed E-state index contributed by atoms with van der Waals surface area (Å²) in [6.07, 6.45) is -0.946. The van der Waals surface area contributed by atoms with E-state index in [1.807, 2.05) is 0 Å². The number of ether oxygens (including phenoxy) is 1. The maximum Gasteiger partial charge on any atom is 0.141 e. The molecular weight excluding hydrogens is 169 g/mol. The van der Waals surface area contributed by atoms with Crippen LogP contribution in [0.25, 0.3) is 0 Å². The fourth-order valence-corrected chi connectivity index (χ4v) is 1.17. The SMILES string of the molecule is CNc1cc(C(C)F)ccc1OC. The van der Waals surface area contributed by atoms with Crippen LogP contribution in [0.2, 0.25) is 0 Å². The van der Waals surface area contributed by atoms with E-state index in [1.54, 1.807) is 32.4 Å². The third kappa shape index (κ3) is 2.11. The minimum atomic E-state index is -0.946. The van der Waals surface area contributed by atoms with Crippen molar-refractivity contribution >= 4 is 5.69 Å². The second-order valence-corrected chi connectivity index (χ2v) is 2.83. The first-order chi connectivity index (χ1) is 6.19. The Morgan fingerprint density at radius 3 is 2.62 bits per heavy atom. The van der Waals surface area contributed by atoms with E-state index < -0.39 is 6.17 Å². The van der Waals surface area contributed by atoms with E-state index in [0.29, 0.717) is 5.56 Å². The first-order valence-corrected chi connectivity index (χ1v) is 4.18. The fraction of sp³-hybridized carbons (Fsp3) is 0.400. The predicted octanol–water partition coefficient (Wildman–Crippen LogP) is 2.77. The highest BCUT2D eigenvalue weighted by Gasteiger charge is 2.06. The van der Waals surface area contributed by atoms with Crippen LogP contribution >= 0.6 is 0 Å². The van der Waals surface area contributed by atoms with Crippen LogP contribution in [0, 0.1) is 0 Å². The maximum atomic E-state index is 12.9. The molecule has 1 rings (SSSR count). The van der Waals surface area contributed by atoms with Crippen LogP contribution in [0.1, 0.15) is 18.7 Å². The Bertz CT molecular complexity index is 286. The lowest BCUT2D eigenvalue weighted by atomic mass is 10.1. The first kappa shape index (κ1) is 9.84. The highest BCUT2D eigenvalue weighted by molar-refractivity contribution is 5.57. The third-order valence-corrected chi connectivity index (χ3v) is 1.95. The van der Waals surface area contributed by atoms with Crippen molar-refractivity contribution in [3.05, 3.63) is 23.8 Å². The van der Waals surface area contributed by atoms with E-state index in [0.717, 1.165) is 11.4 Å². The van der Waals surface area contributed by atoms with E-state index in [1.165, 1.54) is 6.92 Å². The van der Waals surface area contributed by atoms with E-state index in [9.17, 15) is 4.39 Å². The highest BCUT2D eigenvalue weighted by Crippen LogP contribution is 2.28. The normalized spacial score (nSPS) is 12.3. The number of methoxy groups -OCH3 is 1. The maximum absolute atomic E-state index is 12.9. The quantitative estimate of drug-likeness (QED) is 0.778. The minimum absolute atomic E-state index is 0.658. The summed E-state index contributed by atoms with van der Waals surface area (Å²) in [6.45, 7) is 1.52. The molecule has 0 heterocycles. The Morgan fingerprint density at radius 1 is 1.46 bits per heavy atom. The summed E-state index contributed by atoms with van der Waals surface area (Å²) >= 11 is 0. The first-order valence-electron chi connectivity index (χ1n) is 4.18. The van der Waals surface area contributed by atoms with Crippen molar-refractivity contribution in [2.75, 3.05) is 19.5 Å². The molecule has 0 aliphatic heterocycles. The second-order valence-electron chi connectivity index (χ2n) is 2.83. The molecule has 0 fully saturated rings. The fourth-order valence-electron chi connectivity index (χ4n) is 1.17. The summed E-state index contributed by atoms with van der Waals surface area (Å²) in [5.41, 5.74) is 1.47. The zero-order chi connectivity index (χ0) is 9.84. The molecule has 0 aliphatic carbocycles. The summed E-state index contributed by atoms with van der Waals surface area (Å²) < 4.78 is 18.0. The Kier molecular flexibility index (Phi) is 3.12. The van der Waals surface area contributed by atoms with Gasteiger partial charge in [0.1, 0.15) is 11.9 Å². The molecule has 1 N–H and O–H groups in total. The van der Waals surface area contributed by atoms with Gasteiger partial charge in [-0.2, -0.15) is 0 Å². The Hall–Kier alpha value is -1.25. The minimum Gasteiger partial charge on any atom is -0.495 e. The van der Waals surface area contributed by atoms with Gasteiger partial charge in [0.25, 0.3) is 0 Å². The van der Waals surface area contributed by atoms with Gasteiger partial charge in [-0.1, -0.05) is 6.07 Å². The molecule has 1 aromatic rings. The van der Waals surface area contributed by atoms with Gasteiger partial charge in [0.2, 0.25) is 0 Å². The van der Waals surface area contributed by atoms with Crippen LogP contribution in [-0.4, -0.2) is 14.2 Å². The van der Waals surface area contributed by atoms with Crippen LogP contribution in [0.4, 0.5) is 10.1 Å².